The van der Waals surface area contributed by atoms with Crippen LogP contribution in [-0.2, 0) is 25.7 Å². The molecule has 2 aliphatic carbocycles. The van der Waals surface area contributed by atoms with Gasteiger partial charge in [-0.2, -0.15) is 0 Å². The number of H-pyrrole nitrogens is 2. The van der Waals surface area contributed by atoms with Gasteiger partial charge in [0.1, 0.15) is 0 Å². The Morgan fingerprint density at radius 2 is 1.24 bits per heavy atom. The second kappa shape index (κ2) is 12.7. The molecule has 2 aliphatic rings. The zero-order valence-electron chi connectivity index (χ0n) is 30.7. The molecule has 0 spiro atoms. The van der Waals surface area contributed by atoms with Gasteiger partial charge in [0, 0.05) is 63.2 Å². The second-order valence-electron chi connectivity index (χ2n) is 15.0. The molecule has 6 aromatic carbocycles. The third kappa shape index (κ3) is 5.20. The van der Waals surface area contributed by atoms with Crippen LogP contribution in [0.1, 0.15) is 33.4 Å². The van der Waals surface area contributed by atoms with E-state index in [1.165, 1.54) is 88.1 Å². The molecule has 4 heteroatoms. The third-order valence-corrected chi connectivity index (χ3v) is 11.8. The van der Waals surface area contributed by atoms with Crippen molar-refractivity contribution in [2.45, 2.75) is 25.7 Å². The fourth-order valence-corrected chi connectivity index (χ4v) is 9.26. The molecule has 0 aliphatic heterocycles. The van der Waals surface area contributed by atoms with Crippen molar-refractivity contribution in [3.63, 3.8) is 0 Å². The van der Waals surface area contributed by atoms with Gasteiger partial charge < -0.3 is 9.97 Å². The second-order valence-corrected chi connectivity index (χ2v) is 15.0. The summed E-state index contributed by atoms with van der Waals surface area (Å²) in [5.74, 6) is 0. The lowest BCUT2D eigenvalue weighted by molar-refractivity contribution is 0.888. The lowest BCUT2D eigenvalue weighted by atomic mass is 9.74. The molecule has 2 N–H and O–H groups in total. The van der Waals surface area contributed by atoms with Crippen LogP contribution in [0, 0.1) is 0 Å². The van der Waals surface area contributed by atoms with Crippen LogP contribution in [0.4, 0.5) is 0 Å². The maximum absolute atomic E-state index is 4.89. The Labute approximate surface area is 319 Å². The molecule has 0 saturated heterocycles. The van der Waals surface area contributed by atoms with Gasteiger partial charge in [-0.05, 0) is 124 Å². The molecule has 0 radical (unpaired) electrons. The van der Waals surface area contributed by atoms with Gasteiger partial charge in [-0.15, -0.1) is 0 Å². The van der Waals surface area contributed by atoms with E-state index >= 15 is 0 Å². The fraction of sp³-hybridized carbons (Fsp3) is 0.0980. The maximum Gasteiger partial charge on any atom is 0.0702 e. The average molecular weight is 707 g/mol. The van der Waals surface area contributed by atoms with E-state index < -0.39 is 0 Å². The lowest BCUT2D eigenvalue weighted by Gasteiger charge is -2.30. The van der Waals surface area contributed by atoms with Crippen molar-refractivity contribution >= 4 is 61.5 Å². The number of fused-ring (bicyclic) bond motifs is 8. The fourth-order valence-electron chi connectivity index (χ4n) is 9.26. The van der Waals surface area contributed by atoms with Gasteiger partial charge in [-0.25, -0.2) is 0 Å². The molecule has 0 unspecified atom stereocenters. The van der Waals surface area contributed by atoms with Crippen molar-refractivity contribution in [2.24, 2.45) is 4.99 Å². The number of nitrogens with one attached hydrogen (secondary N) is 2. The number of allylic oxidation sites excluding steroid dienone is 3. The van der Waals surface area contributed by atoms with Crippen LogP contribution in [0.15, 0.2) is 145 Å². The molecule has 9 aromatic rings. The SMILES string of the molecule is CN=C/C(=C\C=C\c1ccc2[nH]c3c4c5c(cc3c2c1)CCc1cc2c([nH]c3ccc(-c6ccc(-c7ccccc7)cn6)cc32)c(c1-5)CC4)c1ccccc1. The minimum Gasteiger partial charge on any atom is -0.354 e. The molecule has 3 heterocycles. The summed E-state index contributed by atoms with van der Waals surface area (Å²) in [6.45, 7) is 0. The highest BCUT2D eigenvalue weighted by Gasteiger charge is 2.30. The first-order chi connectivity index (χ1) is 27.2. The quantitative estimate of drug-likeness (QED) is 0.131. The number of aromatic nitrogens is 3. The Morgan fingerprint density at radius 3 is 1.89 bits per heavy atom. The molecular weight excluding hydrogens is 669 g/mol. The Morgan fingerprint density at radius 1 is 0.600 bits per heavy atom. The van der Waals surface area contributed by atoms with Gasteiger partial charge in [0.05, 0.1) is 16.7 Å². The van der Waals surface area contributed by atoms with Crippen LogP contribution >= 0.6 is 0 Å². The molecule has 0 atom stereocenters. The predicted octanol–water partition coefficient (Wildman–Crippen LogP) is 12.3. The summed E-state index contributed by atoms with van der Waals surface area (Å²) in [4.78, 5) is 16.9. The number of nitrogens with zero attached hydrogens (tertiary/aromatic N) is 2. The summed E-state index contributed by atoms with van der Waals surface area (Å²) in [6.07, 6.45) is 14.5. The summed E-state index contributed by atoms with van der Waals surface area (Å²) in [5, 5.41) is 5.24. The molecule has 3 aromatic heterocycles. The Bertz CT molecular complexity index is 3070. The standard InChI is InChI=1S/C51H38N4/c1-52-29-37(32-10-4-2-5-11-32)14-8-9-31-15-22-46-41(25-31)43-27-35-16-17-36-28-44-42-26-34(45-23-19-38(30-53-45)33-12-6-3-7-13-33)18-24-47(42)55-51(44)40-21-20-39(50(43)54-46)48(35)49(36)40/h2-15,18-19,22-30,54-55H,16-17,20-21H2,1H3/b9-8+,37-14+,52-29?. The van der Waals surface area contributed by atoms with E-state index in [4.69, 9.17) is 4.98 Å². The number of pyridine rings is 1. The Balaban J connectivity index is 0.972. The first kappa shape index (κ1) is 31.7. The summed E-state index contributed by atoms with van der Waals surface area (Å²) in [5.41, 5.74) is 21.7. The van der Waals surface area contributed by atoms with Crippen LogP contribution in [-0.4, -0.2) is 28.2 Å². The van der Waals surface area contributed by atoms with Crippen molar-refractivity contribution in [3.05, 3.63) is 173 Å². The largest absolute Gasteiger partial charge is 0.354 e. The Kier molecular flexibility index (Phi) is 7.31. The monoisotopic (exact) mass is 706 g/mol. The molecule has 262 valence electrons. The normalized spacial score (nSPS) is 13.9. The van der Waals surface area contributed by atoms with Crippen LogP contribution in [0.25, 0.3) is 88.8 Å². The minimum atomic E-state index is 0.996. The van der Waals surface area contributed by atoms with Crippen molar-refractivity contribution in [1.29, 1.82) is 0 Å². The first-order valence-electron chi connectivity index (χ1n) is 19.3. The highest BCUT2D eigenvalue weighted by atomic mass is 14.7. The summed E-state index contributed by atoms with van der Waals surface area (Å²) >= 11 is 0. The van der Waals surface area contributed by atoms with Crippen molar-refractivity contribution in [2.75, 3.05) is 7.05 Å². The number of aromatic amines is 2. The average Bonchev–Trinajstić information content (AvgIpc) is 3.80. The topological polar surface area (TPSA) is 56.8 Å². The molecular formula is C51H38N4. The number of rotatable bonds is 6. The minimum absolute atomic E-state index is 0.996. The molecule has 55 heavy (non-hydrogen) atoms. The Hall–Kier alpha value is -6.78. The van der Waals surface area contributed by atoms with Gasteiger partial charge in [-0.3, -0.25) is 9.98 Å². The van der Waals surface area contributed by atoms with Gasteiger partial charge in [0.2, 0.25) is 0 Å². The van der Waals surface area contributed by atoms with E-state index in [-0.39, 0.29) is 0 Å². The zero-order valence-corrected chi connectivity index (χ0v) is 30.7. The van der Waals surface area contributed by atoms with E-state index in [2.05, 4.69) is 142 Å². The van der Waals surface area contributed by atoms with Crippen molar-refractivity contribution in [1.82, 2.24) is 15.0 Å². The maximum atomic E-state index is 4.89. The lowest BCUT2D eigenvalue weighted by Crippen LogP contribution is -2.15. The highest BCUT2D eigenvalue weighted by Crippen LogP contribution is 2.49. The van der Waals surface area contributed by atoms with Gasteiger partial charge in [0.15, 0.2) is 0 Å². The molecule has 0 fully saturated rings. The molecule has 0 amide bonds. The van der Waals surface area contributed by atoms with Crippen molar-refractivity contribution < 1.29 is 0 Å². The number of aliphatic imine (C=N–C) groups is 1. The predicted molar refractivity (Wildman–Crippen MR) is 232 cm³/mol. The summed E-state index contributed by atoms with van der Waals surface area (Å²) in [7, 11) is 1.82. The van der Waals surface area contributed by atoms with E-state index in [1.54, 1.807) is 0 Å². The van der Waals surface area contributed by atoms with E-state index in [0.717, 1.165) is 53.6 Å². The highest BCUT2D eigenvalue weighted by molar-refractivity contribution is 6.15. The van der Waals surface area contributed by atoms with E-state index in [9.17, 15) is 0 Å². The molecule has 0 saturated carbocycles. The summed E-state index contributed by atoms with van der Waals surface area (Å²) < 4.78 is 0. The number of hydrogen-bond acceptors (Lipinski definition) is 2. The number of aryl methyl sites for hydroxylation is 4. The van der Waals surface area contributed by atoms with Crippen LogP contribution in [0.2, 0.25) is 0 Å². The third-order valence-electron chi connectivity index (χ3n) is 11.8. The van der Waals surface area contributed by atoms with Crippen LogP contribution < -0.4 is 0 Å². The van der Waals surface area contributed by atoms with Crippen LogP contribution in [0.3, 0.4) is 0 Å². The van der Waals surface area contributed by atoms with Crippen LogP contribution in [0.5, 0.6) is 0 Å². The van der Waals surface area contributed by atoms with E-state index in [0.29, 0.717) is 0 Å². The van der Waals surface area contributed by atoms with Crippen molar-refractivity contribution in [3.8, 4) is 33.5 Å². The number of benzene rings is 6. The number of hydrogen-bond donors (Lipinski definition) is 2. The van der Waals surface area contributed by atoms with E-state index in [1.807, 2.05) is 31.6 Å². The molecule has 4 nitrogen and oxygen atoms in total. The van der Waals surface area contributed by atoms with Gasteiger partial charge in [-0.1, -0.05) is 97.1 Å². The smallest absolute Gasteiger partial charge is 0.0702 e. The van der Waals surface area contributed by atoms with Gasteiger partial charge >= 0.3 is 0 Å². The summed E-state index contributed by atoms with van der Waals surface area (Å²) in [6, 6.07) is 43.7. The first-order valence-corrected chi connectivity index (χ1v) is 19.3. The molecule has 0 bridgehead atoms. The molecule has 11 rings (SSSR count). The van der Waals surface area contributed by atoms with Gasteiger partial charge in [0.25, 0.3) is 0 Å². The zero-order chi connectivity index (χ0) is 36.5.